The maximum absolute atomic E-state index is 12.8. The maximum atomic E-state index is 12.8. The van der Waals surface area contributed by atoms with Crippen molar-refractivity contribution in [2.45, 2.75) is 30.6 Å². The van der Waals surface area contributed by atoms with Gasteiger partial charge in [0.25, 0.3) is 0 Å². The summed E-state index contributed by atoms with van der Waals surface area (Å²) in [5.74, 6) is 0.409. The first kappa shape index (κ1) is 15.5. The number of fused-ring (bicyclic) bond motifs is 1. The van der Waals surface area contributed by atoms with E-state index in [0.717, 1.165) is 32.4 Å². The molecule has 2 atom stereocenters. The monoisotopic (exact) mass is 322 g/mol. The molecule has 0 bridgehead atoms. The number of carbonyl (C=O) groups is 1. The summed E-state index contributed by atoms with van der Waals surface area (Å²) >= 11 is 0. The van der Waals surface area contributed by atoms with Gasteiger partial charge in [-0.2, -0.15) is 0 Å². The van der Waals surface area contributed by atoms with Crippen LogP contribution in [0.15, 0.2) is 29.2 Å². The van der Waals surface area contributed by atoms with Gasteiger partial charge in [-0.05, 0) is 43.5 Å². The van der Waals surface area contributed by atoms with E-state index in [0.29, 0.717) is 11.6 Å². The zero-order chi connectivity index (χ0) is 15.8. The van der Waals surface area contributed by atoms with Crippen molar-refractivity contribution >= 4 is 21.4 Å². The topological polar surface area (TPSA) is 75.3 Å². The summed E-state index contributed by atoms with van der Waals surface area (Å²) < 4.78 is 23.3. The Labute approximate surface area is 131 Å². The molecule has 2 N–H and O–H groups in total. The molecule has 0 spiro atoms. The van der Waals surface area contributed by atoms with Crippen LogP contribution in [-0.2, 0) is 14.6 Å². The SMILES string of the molecule is CS(=O)(=O)c1cccc(NC(=O)[C@@]23CCCC[C@H]2CNC3)c1. The Bertz CT molecular complexity index is 686. The van der Waals surface area contributed by atoms with Gasteiger partial charge in [0.15, 0.2) is 9.84 Å². The van der Waals surface area contributed by atoms with E-state index >= 15 is 0 Å². The molecule has 1 aliphatic carbocycles. The second-order valence-electron chi connectivity index (χ2n) is 6.48. The molecule has 2 aliphatic rings. The van der Waals surface area contributed by atoms with Crippen LogP contribution in [-0.4, -0.2) is 33.7 Å². The molecule has 1 aliphatic heterocycles. The Hall–Kier alpha value is -1.40. The lowest BCUT2D eigenvalue weighted by atomic mass is 9.67. The molecule has 1 aromatic carbocycles. The van der Waals surface area contributed by atoms with Crippen molar-refractivity contribution in [3.05, 3.63) is 24.3 Å². The van der Waals surface area contributed by atoms with Gasteiger partial charge in [-0.1, -0.05) is 18.9 Å². The van der Waals surface area contributed by atoms with E-state index in [2.05, 4.69) is 10.6 Å². The van der Waals surface area contributed by atoms with Gasteiger partial charge in [0.2, 0.25) is 5.91 Å². The molecule has 1 saturated heterocycles. The summed E-state index contributed by atoms with van der Waals surface area (Å²) in [5, 5.41) is 6.29. The third-order valence-electron chi connectivity index (χ3n) is 5.01. The third kappa shape index (κ3) is 2.77. The number of benzene rings is 1. The molecule has 3 rings (SSSR count). The average Bonchev–Trinajstić information content (AvgIpc) is 2.92. The normalized spacial score (nSPS) is 28.1. The van der Waals surface area contributed by atoms with Crippen molar-refractivity contribution in [2.24, 2.45) is 11.3 Å². The van der Waals surface area contributed by atoms with Crippen molar-refractivity contribution in [3.8, 4) is 0 Å². The zero-order valence-corrected chi connectivity index (χ0v) is 13.6. The molecule has 2 fully saturated rings. The lowest BCUT2D eigenvalue weighted by Gasteiger charge is -2.37. The molecular formula is C16H22N2O3S. The maximum Gasteiger partial charge on any atom is 0.232 e. The molecule has 120 valence electrons. The average molecular weight is 322 g/mol. The van der Waals surface area contributed by atoms with Gasteiger partial charge in [-0.25, -0.2) is 8.42 Å². The number of hydrogen-bond acceptors (Lipinski definition) is 4. The Kier molecular flexibility index (Phi) is 3.99. The summed E-state index contributed by atoms with van der Waals surface area (Å²) in [6.07, 6.45) is 5.43. The minimum atomic E-state index is -3.27. The van der Waals surface area contributed by atoms with E-state index in [1.807, 2.05) is 0 Å². The molecule has 0 aromatic heterocycles. The van der Waals surface area contributed by atoms with E-state index in [9.17, 15) is 13.2 Å². The lowest BCUT2D eigenvalue weighted by molar-refractivity contribution is -0.128. The van der Waals surface area contributed by atoms with Crippen molar-refractivity contribution in [1.82, 2.24) is 5.32 Å². The summed E-state index contributed by atoms with van der Waals surface area (Å²) in [6, 6.07) is 6.48. The van der Waals surface area contributed by atoms with Gasteiger partial charge in [0.1, 0.15) is 0 Å². The van der Waals surface area contributed by atoms with Gasteiger partial charge >= 0.3 is 0 Å². The number of carbonyl (C=O) groups excluding carboxylic acids is 1. The zero-order valence-electron chi connectivity index (χ0n) is 12.8. The van der Waals surface area contributed by atoms with E-state index in [4.69, 9.17) is 0 Å². The number of hydrogen-bond donors (Lipinski definition) is 2. The first-order valence-electron chi connectivity index (χ1n) is 7.74. The van der Waals surface area contributed by atoms with Crippen LogP contribution in [0.2, 0.25) is 0 Å². The highest BCUT2D eigenvalue weighted by Gasteiger charge is 2.49. The first-order valence-corrected chi connectivity index (χ1v) is 9.63. The minimum Gasteiger partial charge on any atom is -0.326 e. The Morgan fingerprint density at radius 1 is 1.36 bits per heavy atom. The molecule has 0 radical (unpaired) electrons. The molecular weight excluding hydrogens is 300 g/mol. The predicted octanol–water partition coefficient (Wildman–Crippen LogP) is 1.81. The van der Waals surface area contributed by atoms with Crippen molar-refractivity contribution in [2.75, 3.05) is 24.7 Å². The van der Waals surface area contributed by atoms with Crippen molar-refractivity contribution < 1.29 is 13.2 Å². The highest BCUT2D eigenvalue weighted by atomic mass is 32.2. The molecule has 1 aromatic rings. The van der Waals surface area contributed by atoms with Crippen molar-refractivity contribution in [3.63, 3.8) is 0 Å². The summed E-state index contributed by atoms with van der Waals surface area (Å²) in [7, 11) is -3.27. The second-order valence-corrected chi connectivity index (χ2v) is 8.50. The number of sulfone groups is 1. The molecule has 6 heteroatoms. The summed E-state index contributed by atoms with van der Waals surface area (Å²) in [4.78, 5) is 13.1. The van der Waals surface area contributed by atoms with Gasteiger partial charge in [-0.3, -0.25) is 4.79 Å². The predicted molar refractivity (Wildman–Crippen MR) is 85.4 cm³/mol. The Morgan fingerprint density at radius 2 is 2.18 bits per heavy atom. The molecule has 22 heavy (non-hydrogen) atoms. The fourth-order valence-corrected chi connectivity index (χ4v) is 4.42. The largest absolute Gasteiger partial charge is 0.326 e. The van der Waals surface area contributed by atoms with Crippen LogP contribution in [0.4, 0.5) is 5.69 Å². The van der Waals surface area contributed by atoms with Crippen LogP contribution in [0.3, 0.4) is 0 Å². The Morgan fingerprint density at radius 3 is 2.95 bits per heavy atom. The van der Waals surface area contributed by atoms with Crippen LogP contribution in [0, 0.1) is 11.3 Å². The number of anilines is 1. The Balaban J connectivity index is 1.82. The lowest BCUT2D eigenvalue weighted by Crippen LogP contribution is -2.44. The molecule has 1 amide bonds. The number of rotatable bonds is 3. The summed E-state index contributed by atoms with van der Waals surface area (Å²) in [5.41, 5.74) is 0.220. The van der Waals surface area contributed by atoms with Crippen LogP contribution in [0.5, 0.6) is 0 Å². The quantitative estimate of drug-likeness (QED) is 0.890. The van der Waals surface area contributed by atoms with E-state index in [1.54, 1.807) is 18.2 Å². The summed E-state index contributed by atoms with van der Waals surface area (Å²) in [6.45, 7) is 1.62. The number of nitrogens with one attached hydrogen (secondary N) is 2. The smallest absolute Gasteiger partial charge is 0.232 e. The second kappa shape index (κ2) is 5.66. The van der Waals surface area contributed by atoms with E-state index in [-0.39, 0.29) is 16.2 Å². The molecule has 1 heterocycles. The van der Waals surface area contributed by atoms with Gasteiger partial charge in [0.05, 0.1) is 10.3 Å². The minimum absolute atomic E-state index is 0.0212. The van der Waals surface area contributed by atoms with Gasteiger partial charge < -0.3 is 10.6 Å². The fourth-order valence-electron chi connectivity index (χ4n) is 3.75. The van der Waals surface area contributed by atoms with Crippen LogP contribution >= 0.6 is 0 Å². The third-order valence-corrected chi connectivity index (χ3v) is 6.12. The fraction of sp³-hybridized carbons (Fsp3) is 0.562. The van der Waals surface area contributed by atoms with Crippen LogP contribution in [0.1, 0.15) is 25.7 Å². The van der Waals surface area contributed by atoms with Crippen LogP contribution in [0.25, 0.3) is 0 Å². The number of amides is 1. The molecule has 1 saturated carbocycles. The standard InChI is InChI=1S/C16H22N2O3S/c1-22(20,21)14-7-4-6-13(9-14)18-15(19)16-8-3-2-5-12(16)10-17-11-16/h4,6-7,9,12,17H,2-3,5,8,10-11H2,1H3,(H,18,19)/t12-,16+/m0/s1. The van der Waals surface area contributed by atoms with E-state index in [1.165, 1.54) is 18.7 Å². The first-order chi connectivity index (χ1) is 10.4. The highest BCUT2D eigenvalue weighted by molar-refractivity contribution is 7.90. The van der Waals surface area contributed by atoms with Gasteiger partial charge in [0, 0.05) is 18.5 Å². The highest BCUT2D eigenvalue weighted by Crippen LogP contribution is 2.44. The van der Waals surface area contributed by atoms with Crippen molar-refractivity contribution in [1.29, 1.82) is 0 Å². The van der Waals surface area contributed by atoms with Crippen LogP contribution < -0.4 is 10.6 Å². The molecule has 5 nitrogen and oxygen atoms in total. The molecule has 0 unspecified atom stereocenters. The van der Waals surface area contributed by atoms with E-state index < -0.39 is 9.84 Å². The van der Waals surface area contributed by atoms with Gasteiger partial charge in [-0.15, -0.1) is 0 Å².